The fourth-order valence-electron chi connectivity index (χ4n) is 2.92. The summed E-state index contributed by atoms with van der Waals surface area (Å²) in [5.74, 6) is 0.294. The fraction of sp³-hybridized carbons (Fsp3) is 0.286. The third-order valence-electron chi connectivity index (χ3n) is 4.35. The Bertz CT molecular complexity index is 868. The number of pyridine rings is 1. The quantitative estimate of drug-likeness (QED) is 0.533. The van der Waals surface area contributed by atoms with Crippen LogP contribution >= 0.6 is 24.0 Å². The van der Waals surface area contributed by atoms with E-state index < -0.39 is 0 Å². The van der Waals surface area contributed by atoms with Crippen LogP contribution in [0.3, 0.4) is 0 Å². The number of quaternary nitrogens is 1. The van der Waals surface area contributed by atoms with Crippen LogP contribution in [0.2, 0.25) is 0 Å². The van der Waals surface area contributed by atoms with Gasteiger partial charge in [-0.1, -0.05) is 38.1 Å². The molecule has 2 heterocycles. The molecule has 5 nitrogen and oxygen atoms in total. The number of aromatic nitrogens is 1. The van der Waals surface area contributed by atoms with Gasteiger partial charge in [0.2, 0.25) is 11.8 Å². The Morgan fingerprint density at radius 2 is 1.93 bits per heavy atom. The van der Waals surface area contributed by atoms with Gasteiger partial charge in [0.25, 0.3) is 5.17 Å². The molecule has 1 atom stereocenters. The topological polar surface area (TPSA) is 46.5 Å². The lowest BCUT2D eigenvalue weighted by molar-refractivity contribution is -0.819. The van der Waals surface area contributed by atoms with Crippen LogP contribution in [-0.4, -0.2) is 34.8 Å². The first-order valence-corrected chi connectivity index (χ1v) is 10.4. The van der Waals surface area contributed by atoms with Gasteiger partial charge in [-0.2, -0.15) is 0 Å². The Morgan fingerprint density at radius 3 is 2.57 bits per heavy atom. The number of aliphatic imine (C=N–C) groups is 1. The molecular weight excluding hydrogens is 388 g/mol. The molecule has 1 aliphatic rings. The highest BCUT2D eigenvalue weighted by molar-refractivity contribution is 8.02. The SMILES string of the molecule is CNC(=S)OC[N+]1(Cc2ccccn2)C=NC(C(C)C)=C1Sc1ccccc1. The number of benzene rings is 1. The van der Waals surface area contributed by atoms with E-state index in [1.165, 1.54) is 4.90 Å². The molecule has 0 radical (unpaired) electrons. The molecule has 146 valence electrons. The van der Waals surface area contributed by atoms with Gasteiger partial charge in [0.15, 0.2) is 6.34 Å². The minimum atomic E-state index is 0.294. The molecule has 1 unspecified atom stereocenters. The summed E-state index contributed by atoms with van der Waals surface area (Å²) in [5, 5.41) is 4.40. The molecule has 1 aromatic heterocycles. The molecular formula is C21H25N4OS2+. The number of nitrogens with one attached hydrogen (secondary N) is 1. The van der Waals surface area contributed by atoms with E-state index in [0.717, 1.165) is 16.4 Å². The maximum atomic E-state index is 5.87. The molecule has 0 spiro atoms. The Hall–Kier alpha value is -2.22. The summed E-state index contributed by atoms with van der Waals surface area (Å²) in [6.07, 6.45) is 3.78. The van der Waals surface area contributed by atoms with Crippen molar-refractivity contribution in [2.24, 2.45) is 10.9 Å². The van der Waals surface area contributed by atoms with Crippen LogP contribution in [0.5, 0.6) is 0 Å². The van der Waals surface area contributed by atoms with Gasteiger partial charge in [-0.3, -0.25) is 4.98 Å². The molecule has 0 fully saturated rings. The molecule has 1 N–H and O–H groups in total. The highest BCUT2D eigenvalue weighted by atomic mass is 32.2. The zero-order chi connectivity index (χ0) is 20.0. The van der Waals surface area contributed by atoms with Gasteiger partial charge in [0, 0.05) is 24.1 Å². The Morgan fingerprint density at radius 1 is 1.18 bits per heavy atom. The maximum Gasteiger partial charge on any atom is 0.260 e. The third-order valence-corrected chi connectivity index (χ3v) is 5.94. The predicted molar refractivity (Wildman–Crippen MR) is 118 cm³/mol. The van der Waals surface area contributed by atoms with E-state index in [-0.39, 0.29) is 0 Å². The van der Waals surface area contributed by atoms with Gasteiger partial charge in [0.05, 0.1) is 5.69 Å². The van der Waals surface area contributed by atoms with Crippen LogP contribution in [-0.2, 0) is 11.3 Å². The molecule has 0 saturated heterocycles. The van der Waals surface area contributed by atoms with Gasteiger partial charge in [0.1, 0.15) is 12.2 Å². The lowest BCUT2D eigenvalue weighted by Crippen LogP contribution is -2.46. The summed E-state index contributed by atoms with van der Waals surface area (Å²) in [4.78, 5) is 10.5. The van der Waals surface area contributed by atoms with E-state index >= 15 is 0 Å². The number of allylic oxidation sites excluding steroid dienone is 1. The van der Waals surface area contributed by atoms with E-state index in [2.05, 4.69) is 36.3 Å². The average molecular weight is 414 g/mol. The zero-order valence-electron chi connectivity index (χ0n) is 16.3. The van der Waals surface area contributed by atoms with Crippen molar-refractivity contribution in [2.45, 2.75) is 25.3 Å². The van der Waals surface area contributed by atoms with Crippen molar-refractivity contribution in [3.63, 3.8) is 0 Å². The first-order valence-electron chi connectivity index (χ1n) is 9.18. The van der Waals surface area contributed by atoms with Crippen LogP contribution in [0.1, 0.15) is 19.5 Å². The molecule has 1 aromatic carbocycles. The highest BCUT2D eigenvalue weighted by Crippen LogP contribution is 2.42. The van der Waals surface area contributed by atoms with E-state index in [1.54, 1.807) is 18.8 Å². The standard InChI is InChI=1S/C21H24N4OS2/c1-16(2)19-20(28-18-10-5-4-6-11-18)25(14-24-19,15-26-21(27)22-3)13-17-9-7-8-12-23-17/h4-12,14,16H,13,15H2,1-3H3/p+1. The van der Waals surface area contributed by atoms with Crippen molar-refractivity contribution in [1.29, 1.82) is 0 Å². The molecule has 0 aliphatic carbocycles. The number of thioether (sulfide) groups is 1. The molecule has 3 rings (SSSR count). The largest absolute Gasteiger partial charge is 0.419 e. The van der Waals surface area contributed by atoms with Gasteiger partial charge in [-0.15, -0.1) is 0 Å². The van der Waals surface area contributed by atoms with Gasteiger partial charge in [-0.25, -0.2) is 9.48 Å². The monoisotopic (exact) mass is 413 g/mol. The Labute approximate surface area is 176 Å². The van der Waals surface area contributed by atoms with E-state index in [4.69, 9.17) is 21.9 Å². The van der Waals surface area contributed by atoms with Crippen LogP contribution in [0, 0.1) is 5.92 Å². The van der Waals surface area contributed by atoms with Crippen LogP contribution in [0.4, 0.5) is 0 Å². The molecule has 1 aliphatic heterocycles. The third kappa shape index (κ3) is 4.79. The normalized spacial score (nSPS) is 18.6. The molecule has 7 heteroatoms. The van der Waals surface area contributed by atoms with Gasteiger partial charge in [-0.05, 0) is 48.2 Å². The number of rotatable bonds is 7. The van der Waals surface area contributed by atoms with Crippen LogP contribution in [0.25, 0.3) is 0 Å². The van der Waals surface area contributed by atoms with Crippen LogP contribution in [0.15, 0.2) is 75.3 Å². The number of ether oxygens (including phenoxy) is 1. The second kappa shape index (κ2) is 9.32. The number of hydrogen-bond acceptors (Lipinski definition) is 5. The Kier molecular flexibility index (Phi) is 6.83. The molecule has 0 saturated carbocycles. The number of thiocarbonyl (C=S) groups is 1. The van der Waals surface area contributed by atoms with E-state index in [1.807, 2.05) is 48.9 Å². The summed E-state index contributed by atoms with van der Waals surface area (Å²) in [6.45, 7) is 5.32. The second-order valence-corrected chi connectivity index (χ2v) is 8.26. The predicted octanol–water partition coefficient (Wildman–Crippen LogP) is 4.54. The number of hydrogen-bond donors (Lipinski definition) is 1. The van der Waals surface area contributed by atoms with Gasteiger partial charge >= 0.3 is 0 Å². The summed E-state index contributed by atoms with van der Waals surface area (Å²) in [6, 6.07) is 16.3. The minimum Gasteiger partial charge on any atom is -0.419 e. The summed E-state index contributed by atoms with van der Waals surface area (Å²) >= 11 is 6.96. The lowest BCUT2D eigenvalue weighted by Gasteiger charge is -2.31. The summed E-state index contributed by atoms with van der Waals surface area (Å²) < 4.78 is 6.30. The molecule has 2 aromatic rings. The van der Waals surface area contributed by atoms with E-state index in [0.29, 0.717) is 28.9 Å². The van der Waals surface area contributed by atoms with Crippen molar-refractivity contribution < 1.29 is 9.22 Å². The summed E-state index contributed by atoms with van der Waals surface area (Å²) in [7, 11) is 1.76. The molecule has 0 amide bonds. The van der Waals surface area contributed by atoms with Crippen molar-refractivity contribution >= 4 is 35.5 Å². The summed E-state index contributed by atoms with van der Waals surface area (Å²) in [5.41, 5.74) is 2.05. The molecule has 28 heavy (non-hydrogen) atoms. The Balaban J connectivity index is 2.01. The van der Waals surface area contributed by atoms with E-state index in [9.17, 15) is 0 Å². The highest BCUT2D eigenvalue weighted by Gasteiger charge is 2.42. The minimum absolute atomic E-state index is 0.294. The maximum absolute atomic E-state index is 5.87. The van der Waals surface area contributed by atoms with Crippen LogP contribution < -0.4 is 5.32 Å². The van der Waals surface area contributed by atoms with Crippen molar-refractivity contribution in [3.8, 4) is 0 Å². The van der Waals surface area contributed by atoms with Gasteiger partial charge < -0.3 is 10.1 Å². The average Bonchev–Trinajstić information content (AvgIpc) is 3.06. The second-order valence-electron chi connectivity index (χ2n) is 6.83. The van der Waals surface area contributed by atoms with Crippen molar-refractivity contribution in [2.75, 3.05) is 13.8 Å². The lowest BCUT2D eigenvalue weighted by atomic mass is 10.1. The fourth-order valence-corrected chi connectivity index (χ4v) is 4.23. The number of nitrogens with zero attached hydrogens (tertiary/aromatic N) is 3. The van der Waals surface area contributed by atoms with Crippen molar-refractivity contribution in [1.82, 2.24) is 10.3 Å². The van der Waals surface area contributed by atoms with Crippen molar-refractivity contribution in [3.05, 3.63) is 71.1 Å². The molecule has 0 bridgehead atoms. The first-order chi connectivity index (χ1) is 13.5. The zero-order valence-corrected chi connectivity index (χ0v) is 18.0. The smallest absolute Gasteiger partial charge is 0.260 e. The first kappa shape index (κ1) is 20.5.